The maximum absolute atomic E-state index is 13.8. The molecule has 1 aliphatic heterocycles. The number of amides is 1. The summed E-state index contributed by atoms with van der Waals surface area (Å²) >= 11 is 2.92. The van der Waals surface area contributed by atoms with Gasteiger partial charge in [-0.3, -0.25) is 9.69 Å². The van der Waals surface area contributed by atoms with Crippen LogP contribution in [0.15, 0.2) is 109 Å². The molecule has 6 rings (SSSR count). The smallest absolute Gasteiger partial charge is 0.244 e. The SMILES string of the molecule is CC(Sc1nnc(-c2ccco2)c(-c2ccco2)n1)C(=O)N1c2ccccc2Sc2ccccc21. The molecule has 2 aromatic carbocycles. The van der Waals surface area contributed by atoms with Crippen LogP contribution in [0.3, 0.4) is 0 Å². The van der Waals surface area contributed by atoms with Gasteiger partial charge in [0.15, 0.2) is 17.2 Å². The van der Waals surface area contributed by atoms with E-state index in [-0.39, 0.29) is 5.91 Å². The Morgan fingerprint density at radius 1 is 0.829 bits per heavy atom. The molecule has 1 amide bonds. The van der Waals surface area contributed by atoms with Crippen molar-refractivity contribution in [1.29, 1.82) is 0 Å². The van der Waals surface area contributed by atoms with Gasteiger partial charge >= 0.3 is 0 Å². The molecule has 0 N–H and O–H groups in total. The fraction of sp³-hybridized carbons (Fsp3) is 0.0769. The number of para-hydroxylation sites is 2. The van der Waals surface area contributed by atoms with Gasteiger partial charge < -0.3 is 8.83 Å². The van der Waals surface area contributed by atoms with E-state index in [0.717, 1.165) is 21.2 Å². The lowest BCUT2D eigenvalue weighted by atomic mass is 10.2. The second kappa shape index (κ2) is 9.09. The van der Waals surface area contributed by atoms with E-state index in [4.69, 9.17) is 8.83 Å². The highest BCUT2D eigenvalue weighted by Crippen LogP contribution is 2.48. The minimum Gasteiger partial charge on any atom is -0.463 e. The van der Waals surface area contributed by atoms with Crippen LogP contribution in [0.5, 0.6) is 0 Å². The van der Waals surface area contributed by atoms with Gasteiger partial charge in [-0.25, -0.2) is 4.98 Å². The lowest BCUT2D eigenvalue weighted by Crippen LogP contribution is -2.34. The first-order chi connectivity index (χ1) is 17.2. The fourth-order valence-corrected chi connectivity index (χ4v) is 5.67. The maximum Gasteiger partial charge on any atom is 0.244 e. The summed E-state index contributed by atoms with van der Waals surface area (Å²) in [6.07, 6.45) is 3.14. The molecule has 4 heterocycles. The molecule has 1 aliphatic rings. The Morgan fingerprint density at radius 2 is 1.43 bits per heavy atom. The standard InChI is InChI=1S/C26H18N4O3S2/c1-16(25(31)30-17-8-2-4-12-21(17)35-22-13-5-3-9-18(22)30)34-26-27-23(19-10-6-14-32-19)24(28-29-26)20-11-7-15-33-20/h2-16H,1H3. The summed E-state index contributed by atoms with van der Waals surface area (Å²) in [6.45, 7) is 1.86. The number of anilines is 2. The number of fused-ring (bicyclic) bond motifs is 2. The number of nitrogens with zero attached hydrogens (tertiary/aromatic N) is 4. The minimum atomic E-state index is -0.472. The molecule has 35 heavy (non-hydrogen) atoms. The van der Waals surface area contributed by atoms with Crippen molar-refractivity contribution in [3.63, 3.8) is 0 Å². The quantitative estimate of drug-likeness (QED) is 0.247. The molecule has 1 unspecified atom stereocenters. The Hall–Kier alpha value is -3.82. The average Bonchev–Trinajstić information content (AvgIpc) is 3.62. The number of carbonyl (C=O) groups is 1. The minimum absolute atomic E-state index is 0.0616. The van der Waals surface area contributed by atoms with Gasteiger partial charge in [0.1, 0.15) is 5.69 Å². The van der Waals surface area contributed by atoms with Crippen LogP contribution in [-0.4, -0.2) is 26.3 Å². The molecule has 0 radical (unpaired) electrons. The van der Waals surface area contributed by atoms with Crippen LogP contribution in [-0.2, 0) is 4.79 Å². The second-order valence-electron chi connectivity index (χ2n) is 7.72. The topological polar surface area (TPSA) is 85.3 Å². The molecule has 0 spiro atoms. The number of rotatable bonds is 5. The Balaban J connectivity index is 1.33. The predicted octanol–water partition coefficient (Wildman–Crippen LogP) is 6.70. The van der Waals surface area contributed by atoms with E-state index in [1.165, 1.54) is 11.8 Å². The Bertz CT molecular complexity index is 1460. The zero-order valence-electron chi connectivity index (χ0n) is 18.5. The second-order valence-corrected chi connectivity index (χ2v) is 10.1. The van der Waals surface area contributed by atoms with Crippen molar-refractivity contribution in [2.75, 3.05) is 4.90 Å². The fourth-order valence-electron chi connectivity index (χ4n) is 3.86. The molecular weight excluding hydrogens is 480 g/mol. The molecule has 172 valence electrons. The van der Waals surface area contributed by atoms with Gasteiger partial charge in [-0.1, -0.05) is 47.8 Å². The first-order valence-corrected chi connectivity index (χ1v) is 12.6. The van der Waals surface area contributed by atoms with Gasteiger partial charge in [-0.15, -0.1) is 10.2 Å². The molecule has 0 fully saturated rings. The zero-order valence-corrected chi connectivity index (χ0v) is 20.1. The van der Waals surface area contributed by atoms with E-state index >= 15 is 0 Å². The highest BCUT2D eigenvalue weighted by molar-refractivity contribution is 8.00. The number of carbonyl (C=O) groups excluding carboxylic acids is 1. The summed E-state index contributed by atoms with van der Waals surface area (Å²) in [5.74, 6) is 1.02. The third-order valence-electron chi connectivity index (χ3n) is 5.46. The van der Waals surface area contributed by atoms with Crippen LogP contribution in [0, 0.1) is 0 Å². The van der Waals surface area contributed by atoms with Crippen LogP contribution < -0.4 is 4.90 Å². The summed E-state index contributed by atoms with van der Waals surface area (Å²) in [4.78, 5) is 22.3. The molecule has 1 atom stereocenters. The molecule has 7 nitrogen and oxygen atoms in total. The lowest BCUT2D eigenvalue weighted by molar-refractivity contribution is -0.117. The number of thioether (sulfide) groups is 1. The molecule has 3 aromatic heterocycles. The predicted molar refractivity (Wildman–Crippen MR) is 135 cm³/mol. The van der Waals surface area contributed by atoms with Gasteiger partial charge in [0.2, 0.25) is 11.1 Å². The molecule has 0 saturated carbocycles. The number of aromatic nitrogens is 3. The Labute approximate surface area is 209 Å². The van der Waals surface area contributed by atoms with Crippen molar-refractivity contribution in [3.8, 4) is 22.9 Å². The number of benzene rings is 2. The van der Waals surface area contributed by atoms with E-state index in [9.17, 15) is 4.79 Å². The van der Waals surface area contributed by atoms with Crippen LogP contribution in [0.2, 0.25) is 0 Å². The van der Waals surface area contributed by atoms with Gasteiger partial charge in [-0.05, 0) is 55.5 Å². The molecule has 0 saturated heterocycles. The maximum atomic E-state index is 13.8. The third-order valence-corrected chi connectivity index (χ3v) is 7.53. The van der Waals surface area contributed by atoms with Gasteiger partial charge in [0, 0.05) is 9.79 Å². The van der Waals surface area contributed by atoms with Gasteiger partial charge in [-0.2, -0.15) is 0 Å². The van der Waals surface area contributed by atoms with Crippen LogP contribution in [0.1, 0.15) is 6.92 Å². The molecule has 5 aromatic rings. The zero-order chi connectivity index (χ0) is 23.8. The van der Waals surface area contributed by atoms with E-state index in [1.54, 1.807) is 53.5 Å². The molecule has 0 aliphatic carbocycles. The van der Waals surface area contributed by atoms with Crippen molar-refractivity contribution in [2.24, 2.45) is 0 Å². The monoisotopic (exact) mass is 498 g/mol. The van der Waals surface area contributed by atoms with Gasteiger partial charge in [0.05, 0.1) is 29.2 Å². The van der Waals surface area contributed by atoms with E-state index in [2.05, 4.69) is 15.2 Å². The first-order valence-electron chi connectivity index (χ1n) is 10.9. The number of furan rings is 2. The van der Waals surface area contributed by atoms with E-state index < -0.39 is 5.25 Å². The molecular formula is C26H18N4O3S2. The van der Waals surface area contributed by atoms with E-state index in [1.807, 2.05) is 55.5 Å². The van der Waals surface area contributed by atoms with Crippen molar-refractivity contribution < 1.29 is 13.6 Å². The number of hydrogen-bond donors (Lipinski definition) is 0. The molecule has 9 heteroatoms. The van der Waals surface area contributed by atoms with Crippen molar-refractivity contribution in [1.82, 2.24) is 15.2 Å². The van der Waals surface area contributed by atoms with Crippen LogP contribution in [0.4, 0.5) is 11.4 Å². The van der Waals surface area contributed by atoms with Crippen molar-refractivity contribution in [2.45, 2.75) is 27.1 Å². The summed E-state index contributed by atoms with van der Waals surface area (Å²) in [7, 11) is 0. The van der Waals surface area contributed by atoms with Crippen molar-refractivity contribution in [3.05, 3.63) is 85.3 Å². The first kappa shape index (κ1) is 21.7. The average molecular weight is 499 g/mol. The summed E-state index contributed by atoms with van der Waals surface area (Å²) in [5, 5.41) is 8.55. The summed E-state index contributed by atoms with van der Waals surface area (Å²) in [6, 6.07) is 23.0. The Kier molecular flexibility index (Phi) is 5.63. The highest BCUT2D eigenvalue weighted by Gasteiger charge is 2.32. The number of hydrogen-bond acceptors (Lipinski definition) is 8. The summed E-state index contributed by atoms with van der Waals surface area (Å²) in [5.41, 5.74) is 2.73. The largest absolute Gasteiger partial charge is 0.463 e. The van der Waals surface area contributed by atoms with Crippen molar-refractivity contribution >= 4 is 40.8 Å². The van der Waals surface area contributed by atoms with Crippen LogP contribution in [0.25, 0.3) is 22.9 Å². The van der Waals surface area contributed by atoms with Gasteiger partial charge in [0.25, 0.3) is 0 Å². The normalized spacial score (nSPS) is 13.2. The van der Waals surface area contributed by atoms with E-state index in [0.29, 0.717) is 28.1 Å². The Morgan fingerprint density at radius 3 is 2.03 bits per heavy atom. The third kappa shape index (κ3) is 4.02. The molecule has 0 bridgehead atoms. The lowest BCUT2D eigenvalue weighted by Gasteiger charge is -2.32. The highest BCUT2D eigenvalue weighted by atomic mass is 32.2. The summed E-state index contributed by atoms with van der Waals surface area (Å²) < 4.78 is 11.1. The van der Waals surface area contributed by atoms with Crippen LogP contribution >= 0.6 is 23.5 Å².